The Kier molecular flexibility index (Phi) is 6.64. The van der Waals surface area contributed by atoms with Crippen LogP contribution in [0.15, 0.2) is 67.6 Å². The summed E-state index contributed by atoms with van der Waals surface area (Å²) in [6.45, 7) is 6.76. The Bertz CT molecular complexity index is 1600. The van der Waals surface area contributed by atoms with Gasteiger partial charge in [-0.3, -0.25) is 4.68 Å². The minimum Gasteiger partial charge on any atom is -0.394 e. The van der Waals surface area contributed by atoms with E-state index >= 15 is 0 Å². The van der Waals surface area contributed by atoms with E-state index in [1.54, 1.807) is 41.7 Å². The topological polar surface area (TPSA) is 127 Å². The normalized spacial score (nSPS) is 16.3. The Morgan fingerprint density at radius 1 is 0.925 bits per heavy atom. The Labute approximate surface area is 230 Å². The van der Waals surface area contributed by atoms with Crippen molar-refractivity contribution in [2.75, 3.05) is 42.6 Å². The highest BCUT2D eigenvalue weighted by Crippen LogP contribution is 2.29. The van der Waals surface area contributed by atoms with Crippen LogP contribution >= 0.6 is 0 Å². The van der Waals surface area contributed by atoms with E-state index in [9.17, 15) is 9.50 Å². The highest BCUT2D eigenvalue weighted by Gasteiger charge is 2.26. The fraction of sp³-hybridized carbons (Fsp3) is 0.321. The molecule has 1 saturated heterocycles. The fourth-order valence-electron chi connectivity index (χ4n) is 4.96. The third kappa shape index (κ3) is 4.75. The van der Waals surface area contributed by atoms with E-state index in [0.717, 1.165) is 59.8 Å². The molecule has 1 aromatic carbocycles. The molecule has 0 amide bonds. The van der Waals surface area contributed by atoms with Crippen molar-refractivity contribution >= 4 is 17.3 Å². The van der Waals surface area contributed by atoms with E-state index in [1.807, 2.05) is 30.8 Å². The second-order valence-electron chi connectivity index (χ2n) is 10.3. The van der Waals surface area contributed by atoms with Gasteiger partial charge in [-0.1, -0.05) is 12.1 Å². The lowest BCUT2D eigenvalue weighted by Crippen LogP contribution is -2.47. The first-order valence-electron chi connectivity index (χ1n) is 13.2. The molecular formula is C28H31FN10O. The molecule has 40 heavy (non-hydrogen) atoms. The molecule has 0 spiro atoms. The predicted octanol–water partition coefficient (Wildman–Crippen LogP) is 2.62. The number of benzene rings is 1. The number of aromatic nitrogens is 7. The van der Waals surface area contributed by atoms with Gasteiger partial charge >= 0.3 is 0 Å². The van der Waals surface area contributed by atoms with Crippen molar-refractivity contribution in [2.24, 2.45) is 5.73 Å². The van der Waals surface area contributed by atoms with Gasteiger partial charge in [0.25, 0.3) is 0 Å². The molecule has 12 heteroatoms. The number of nitrogens with zero attached hydrogens (tertiary/aromatic N) is 9. The third-order valence-corrected chi connectivity index (χ3v) is 7.58. The molecule has 5 aromatic rings. The predicted molar refractivity (Wildman–Crippen MR) is 150 cm³/mol. The number of anilines is 2. The van der Waals surface area contributed by atoms with Crippen molar-refractivity contribution in [3.05, 3.63) is 84.6 Å². The van der Waals surface area contributed by atoms with Gasteiger partial charge in [0.05, 0.1) is 24.4 Å². The molecule has 11 nitrogen and oxygen atoms in total. The molecule has 1 aliphatic heterocycles. The van der Waals surface area contributed by atoms with Crippen molar-refractivity contribution in [2.45, 2.75) is 25.4 Å². The van der Waals surface area contributed by atoms with Crippen LogP contribution < -0.4 is 15.5 Å². The van der Waals surface area contributed by atoms with Crippen LogP contribution in [0.2, 0.25) is 0 Å². The summed E-state index contributed by atoms with van der Waals surface area (Å²) in [5, 5.41) is 18.2. The lowest BCUT2D eigenvalue weighted by atomic mass is 9.87. The largest absolute Gasteiger partial charge is 0.394 e. The number of fused-ring (bicyclic) bond motifs is 1. The minimum atomic E-state index is -0.838. The van der Waals surface area contributed by atoms with Gasteiger partial charge in [0.2, 0.25) is 5.95 Å². The van der Waals surface area contributed by atoms with Crippen LogP contribution in [0, 0.1) is 5.82 Å². The van der Waals surface area contributed by atoms with Crippen molar-refractivity contribution in [3.8, 4) is 11.1 Å². The Morgan fingerprint density at radius 2 is 1.62 bits per heavy atom. The lowest BCUT2D eigenvalue weighted by Gasteiger charge is -2.35. The number of aliphatic hydroxyl groups is 1. The smallest absolute Gasteiger partial charge is 0.225 e. The Balaban J connectivity index is 1.16. The number of piperazine rings is 1. The molecule has 1 unspecified atom stereocenters. The second-order valence-corrected chi connectivity index (χ2v) is 10.3. The molecule has 1 aliphatic rings. The van der Waals surface area contributed by atoms with Crippen molar-refractivity contribution in [3.63, 3.8) is 0 Å². The van der Waals surface area contributed by atoms with Gasteiger partial charge in [-0.2, -0.15) is 10.2 Å². The number of aliphatic hydroxyl groups excluding tert-OH is 1. The monoisotopic (exact) mass is 542 g/mol. The first-order chi connectivity index (χ1) is 19.3. The van der Waals surface area contributed by atoms with E-state index in [1.165, 1.54) is 12.1 Å². The molecule has 6 rings (SSSR count). The molecule has 0 radical (unpaired) electrons. The van der Waals surface area contributed by atoms with Crippen LogP contribution in [-0.4, -0.2) is 72.2 Å². The molecule has 1 fully saturated rings. The standard InChI is InChI=1S/C28H31FN10O/c1-19(17-40)38-16-21(12-34-38)20-11-25-26(33-18-35-39(25)15-20)36-7-9-37(10-8-36)27-31-13-23(14-32-27)28(2,30)22-3-5-24(29)6-4-22/h3-6,11-16,18-19,40H,7-10,17,30H2,1-2H3/t19-,28?/m0/s1. The highest BCUT2D eigenvalue weighted by atomic mass is 19.1. The van der Waals surface area contributed by atoms with Gasteiger partial charge in [0.15, 0.2) is 5.82 Å². The van der Waals surface area contributed by atoms with Crippen LogP contribution in [0.4, 0.5) is 16.2 Å². The maximum Gasteiger partial charge on any atom is 0.225 e. The quantitative estimate of drug-likeness (QED) is 0.319. The maximum atomic E-state index is 13.4. The van der Waals surface area contributed by atoms with Crippen LogP contribution in [0.3, 0.4) is 0 Å². The van der Waals surface area contributed by atoms with Crippen LogP contribution in [0.5, 0.6) is 0 Å². The van der Waals surface area contributed by atoms with Gasteiger partial charge in [-0.05, 0) is 37.6 Å². The lowest BCUT2D eigenvalue weighted by molar-refractivity contribution is 0.230. The highest BCUT2D eigenvalue weighted by molar-refractivity contribution is 5.77. The summed E-state index contributed by atoms with van der Waals surface area (Å²) in [5.74, 6) is 1.21. The number of rotatable bonds is 7. The Hall–Kier alpha value is -4.42. The minimum absolute atomic E-state index is 0.0258. The first kappa shape index (κ1) is 25.8. The summed E-state index contributed by atoms with van der Waals surface area (Å²) >= 11 is 0. The second kappa shape index (κ2) is 10.3. The molecule has 0 aliphatic carbocycles. The van der Waals surface area contributed by atoms with E-state index in [2.05, 4.69) is 41.0 Å². The van der Waals surface area contributed by atoms with E-state index < -0.39 is 5.54 Å². The molecule has 4 aromatic heterocycles. The third-order valence-electron chi connectivity index (χ3n) is 7.58. The number of halogens is 1. The van der Waals surface area contributed by atoms with Gasteiger partial charge in [0.1, 0.15) is 17.7 Å². The molecule has 0 saturated carbocycles. The summed E-state index contributed by atoms with van der Waals surface area (Å²) in [6.07, 6.45) is 10.8. The fourth-order valence-corrected chi connectivity index (χ4v) is 4.96. The number of hydrogen-bond acceptors (Lipinski definition) is 9. The summed E-state index contributed by atoms with van der Waals surface area (Å²) < 4.78 is 17.0. The van der Waals surface area contributed by atoms with Crippen molar-refractivity contribution in [1.82, 2.24) is 34.3 Å². The average Bonchev–Trinajstić information content (AvgIpc) is 3.65. The Morgan fingerprint density at radius 3 is 2.33 bits per heavy atom. The SMILES string of the molecule is C[C@@H](CO)n1cc(-c2cc3c(N4CCN(c5ncc(C(C)(N)c6ccc(F)cc6)cn5)CC4)ncnn3c2)cn1. The van der Waals surface area contributed by atoms with Gasteiger partial charge in [0, 0.05) is 67.7 Å². The summed E-state index contributed by atoms with van der Waals surface area (Å²) in [5.41, 5.74) is 10.1. The molecule has 206 valence electrons. The van der Waals surface area contributed by atoms with Gasteiger partial charge < -0.3 is 20.6 Å². The van der Waals surface area contributed by atoms with E-state index in [4.69, 9.17) is 5.73 Å². The van der Waals surface area contributed by atoms with Gasteiger partial charge in [-0.15, -0.1) is 0 Å². The average molecular weight is 543 g/mol. The first-order valence-corrected chi connectivity index (χ1v) is 13.2. The van der Waals surface area contributed by atoms with E-state index in [-0.39, 0.29) is 18.5 Å². The maximum absolute atomic E-state index is 13.4. The van der Waals surface area contributed by atoms with Crippen LogP contribution in [-0.2, 0) is 5.54 Å². The summed E-state index contributed by atoms with van der Waals surface area (Å²) in [6, 6.07) is 8.16. The molecule has 2 atom stereocenters. The van der Waals surface area contributed by atoms with Crippen molar-refractivity contribution in [1.29, 1.82) is 0 Å². The zero-order valence-electron chi connectivity index (χ0n) is 22.4. The van der Waals surface area contributed by atoms with Crippen LogP contribution in [0.25, 0.3) is 16.6 Å². The summed E-state index contributed by atoms with van der Waals surface area (Å²) in [7, 11) is 0. The van der Waals surface area contributed by atoms with Gasteiger partial charge in [-0.25, -0.2) is 23.9 Å². The summed E-state index contributed by atoms with van der Waals surface area (Å²) in [4.78, 5) is 18.2. The molecular weight excluding hydrogens is 511 g/mol. The molecule has 0 bridgehead atoms. The molecule has 5 heterocycles. The number of hydrogen-bond donors (Lipinski definition) is 2. The number of nitrogens with two attached hydrogens (primary N) is 1. The van der Waals surface area contributed by atoms with Crippen molar-refractivity contribution < 1.29 is 9.50 Å². The zero-order chi connectivity index (χ0) is 27.9. The van der Waals surface area contributed by atoms with Crippen LogP contribution in [0.1, 0.15) is 31.0 Å². The zero-order valence-corrected chi connectivity index (χ0v) is 22.4. The van der Waals surface area contributed by atoms with E-state index in [0.29, 0.717) is 5.95 Å². The molecule has 3 N–H and O–H groups in total.